The minimum Gasteiger partial charge on any atom is -0.135 e. The Labute approximate surface area is 262 Å². The first-order valence-electron chi connectivity index (χ1n) is 18.3. The Kier molecular flexibility index (Phi) is 6.20. The van der Waals surface area contributed by atoms with Gasteiger partial charge >= 0.3 is 0 Å². The van der Waals surface area contributed by atoms with E-state index in [1.807, 2.05) is 11.3 Å². The lowest BCUT2D eigenvalue weighted by Crippen LogP contribution is -2.61. The molecule has 6 saturated carbocycles. The van der Waals surface area contributed by atoms with Crippen molar-refractivity contribution in [3.63, 3.8) is 0 Å². The average Bonchev–Trinajstić information content (AvgIpc) is 3.46. The summed E-state index contributed by atoms with van der Waals surface area (Å²) < 4.78 is 2.81. The molecule has 1 aromatic heterocycles. The van der Waals surface area contributed by atoms with Crippen molar-refractivity contribution in [3.05, 3.63) is 72.3 Å². The van der Waals surface area contributed by atoms with Gasteiger partial charge in [-0.15, -0.1) is 11.3 Å². The average molecular weight is 585 g/mol. The normalized spacial score (nSPS) is 40.0. The second kappa shape index (κ2) is 10.2. The van der Waals surface area contributed by atoms with Crippen LogP contribution in [0.15, 0.2) is 66.7 Å². The first kappa shape index (κ1) is 26.1. The molecule has 1 heteroatoms. The van der Waals surface area contributed by atoms with Gasteiger partial charge in [0, 0.05) is 20.2 Å². The van der Waals surface area contributed by atoms with Crippen LogP contribution in [0.25, 0.3) is 31.3 Å². The highest BCUT2D eigenvalue weighted by molar-refractivity contribution is 7.25. The maximum Gasteiger partial charge on any atom is 0.0355 e. The van der Waals surface area contributed by atoms with Crippen LogP contribution in [0.2, 0.25) is 0 Å². The van der Waals surface area contributed by atoms with Crippen LogP contribution >= 0.6 is 11.3 Å². The summed E-state index contributed by atoms with van der Waals surface area (Å²) >= 11 is 1.93. The Bertz CT molecular complexity index is 1660. The maximum atomic E-state index is 2.60. The number of fused-ring (bicyclic) bond motifs is 9. The summed E-state index contributed by atoms with van der Waals surface area (Å²) in [6, 6.07) is 26.0. The van der Waals surface area contributed by atoms with E-state index < -0.39 is 0 Å². The summed E-state index contributed by atoms with van der Waals surface area (Å²) in [6.45, 7) is 0. The standard InChI is InChI=1S/C42H48S/c1-2-11-30-29(10-1)33-13-6-15-35-31-20-18-27(23-37(31)36-16-7-14-34(30)42(36)41(33)35)25-8-5-9-26(22-25)28-19-21-40-38(24-28)32-12-3-4-17-39(32)43-40/h3-5,8-9,12,17,19,21-22,24,27,29-31,33-37,41-42H,1-2,6-7,10-11,13-16,18,20,23H2. The molecule has 1 heterocycles. The molecular formula is C42H48S. The van der Waals surface area contributed by atoms with E-state index in [0.717, 1.165) is 65.1 Å². The Morgan fingerprint density at radius 3 is 1.84 bits per heavy atom. The van der Waals surface area contributed by atoms with Crippen molar-refractivity contribution in [2.24, 2.45) is 59.2 Å². The van der Waals surface area contributed by atoms with Gasteiger partial charge in [0.05, 0.1) is 0 Å². The number of hydrogen-bond acceptors (Lipinski definition) is 1. The Balaban J connectivity index is 0.971. The second-order valence-corrected chi connectivity index (χ2v) is 17.1. The van der Waals surface area contributed by atoms with Crippen molar-refractivity contribution in [3.8, 4) is 11.1 Å². The summed E-state index contributed by atoms with van der Waals surface area (Å²) in [6.07, 6.45) is 20.1. The van der Waals surface area contributed by atoms with Crippen LogP contribution in [-0.2, 0) is 0 Å². The summed E-state index contributed by atoms with van der Waals surface area (Å²) in [5.74, 6) is 11.6. The molecule has 6 aliphatic carbocycles. The molecule has 4 aromatic rings. The third-order valence-corrected chi connectivity index (χ3v) is 15.8. The molecule has 0 saturated heterocycles. The highest BCUT2D eigenvalue weighted by atomic mass is 32.1. The summed E-state index contributed by atoms with van der Waals surface area (Å²) in [5, 5.41) is 2.83. The minimum atomic E-state index is 0.759. The molecule has 0 nitrogen and oxygen atoms in total. The smallest absolute Gasteiger partial charge is 0.0355 e. The highest BCUT2D eigenvalue weighted by Gasteiger charge is 2.62. The lowest BCUT2D eigenvalue weighted by Gasteiger charge is -2.67. The van der Waals surface area contributed by atoms with E-state index in [4.69, 9.17) is 0 Å². The summed E-state index contributed by atoms with van der Waals surface area (Å²) in [7, 11) is 0. The van der Waals surface area contributed by atoms with Crippen LogP contribution in [0, 0.1) is 59.2 Å². The quantitative estimate of drug-likeness (QED) is 0.220. The topological polar surface area (TPSA) is 0 Å². The van der Waals surface area contributed by atoms with Gasteiger partial charge in [-0.25, -0.2) is 0 Å². The Morgan fingerprint density at radius 1 is 0.442 bits per heavy atom. The summed E-state index contributed by atoms with van der Waals surface area (Å²) in [5.41, 5.74) is 4.45. The molecule has 0 radical (unpaired) electrons. The van der Waals surface area contributed by atoms with Crippen LogP contribution < -0.4 is 0 Å². The molecule has 0 bridgehead atoms. The zero-order valence-corrected chi connectivity index (χ0v) is 26.6. The van der Waals surface area contributed by atoms with Crippen molar-refractivity contribution in [1.82, 2.24) is 0 Å². The van der Waals surface area contributed by atoms with E-state index >= 15 is 0 Å². The lowest BCUT2D eigenvalue weighted by molar-refractivity contribution is -0.188. The third-order valence-electron chi connectivity index (χ3n) is 14.7. The van der Waals surface area contributed by atoms with E-state index in [-0.39, 0.29) is 0 Å². The van der Waals surface area contributed by atoms with Crippen molar-refractivity contribution in [1.29, 1.82) is 0 Å². The second-order valence-electron chi connectivity index (χ2n) is 16.1. The molecule has 6 fully saturated rings. The van der Waals surface area contributed by atoms with Crippen molar-refractivity contribution in [2.75, 3.05) is 0 Å². The largest absolute Gasteiger partial charge is 0.135 e. The molecule has 6 aliphatic rings. The molecule has 0 spiro atoms. The molecule has 0 amide bonds. The Morgan fingerprint density at radius 2 is 1.07 bits per heavy atom. The first-order valence-corrected chi connectivity index (χ1v) is 19.1. The lowest BCUT2D eigenvalue weighted by atomic mass is 9.37. The molecule has 0 aliphatic heterocycles. The van der Waals surface area contributed by atoms with Gasteiger partial charge < -0.3 is 0 Å². The van der Waals surface area contributed by atoms with Gasteiger partial charge in [-0.05, 0) is 158 Å². The molecule has 43 heavy (non-hydrogen) atoms. The van der Waals surface area contributed by atoms with Gasteiger partial charge in [-0.2, -0.15) is 0 Å². The fourth-order valence-electron chi connectivity index (χ4n) is 13.4. The van der Waals surface area contributed by atoms with Gasteiger partial charge in [0.15, 0.2) is 0 Å². The van der Waals surface area contributed by atoms with Crippen LogP contribution in [-0.4, -0.2) is 0 Å². The fraction of sp³-hybridized carbons (Fsp3) is 0.571. The van der Waals surface area contributed by atoms with Crippen LogP contribution in [0.5, 0.6) is 0 Å². The monoisotopic (exact) mass is 584 g/mol. The van der Waals surface area contributed by atoms with Crippen molar-refractivity contribution >= 4 is 31.5 Å². The zero-order chi connectivity index (χ0) is 28.1. The fourth-order valence-corrected chi connectivity index (χ4v) is 14.5. The van der Waals surface area contributed by atoms with E-state index in [1.54, 1.807) is 63.4 Å². The third kappa shape index (κ3) is 3.98. The molecule has 0 N–H and O–H groups in total. The molecule has 11 unspecified atom stereocenters. The van der Waals surface area contributed by atoms with Gasteiger partial charge in [0.25, 0.3) is 0 Å². The number of thiophene rings is 1. The molecular weight excluding hydrogens is 537 g/mol. The van der Waals surface area contributed by atoms with E-state index in [9.17, 15) is 0 Å². The van der Waals surface area contributed by atoms with Crippen LogP contribution in [0.1, 0.15) is 95.0 Å². The molecule has 3 aromatic carbocycles. The number of hydrogen-bond donors (Lipinski definition) is 0. The molecule has 222 valence electrons. The highest BCUT2D eigenvalue weighted by Crippen LogP contribution is 2.69. The Hall–Kier alpha value is -2.12. The van der Waals surface area contributed by atoms with E-state index in [0.29, 0.717) is 0 Å². The predicted molar refractivity (Wildman–Crippen MR) is 182 cm³/mol. The molecule has 11 atom stereocenters. The number of rotatable bonds is 2. The predicted octanol–water partition coefficient (Wildman–Crippen LogP) is 12.1. The zero-order valence-electron chi connectivity index (χ0n) is 25.8. The number of benzene rings is 3. The van der Waals surface area contributed by atoms with Crippen LogP contribution in [0.4, 0.5) is 0 Å². The van der Waals surface area contributed by atoms with E-state index in [1.165, 1.54) is 57.0 Å². The SMILES string of the molecule is c1cc(-c2ccc3sc4ccccc4c3c2)cc(C2CCC3C(C2)C2CCCC4C5CCCCC5C5CCCC3C5C42)c1. The molecule has 10 rings (SSSR count). The van der Waals surface area contributed by atoms with Crippen LogP contribution in [0.3, 0.4) is 0 Å². The van der Waals surface area contributed by atoms with Crippen molar-refractivity contribution < 1.29 is 0 Å². The van der Waals surface area contributed by atoms with Gasteiger partial charge in [0.2, 0.25) is 0 Å². The van der Waals surface area contributed by atoms with Crippen molar-refractivity contribution in [2.45, 2.75) is 89.4 Å². The van der Waals surface area contributed by atoms with Gasteiger partial charge in [-0.1, -0.05) is 74.2 Å². The minimum absolute atomic E-state index is 0.759. The summed E-state index contributed by atoms with van der Waals surface area (Å²) in [4.78, 5) is 0. The van der Waals surface area contributed by atoms with Gasteiger partial charge in [-0.3, -0.25) is 0 Å². The maximum absolute atomic E-state index is 2.60. The van der Waals surface area contributed by atoms with E-state index in [2.05, 4.69) is 66.7 Å². The van der Waals surface area contributed by atoms with Gasteiger partial charge in [0.1, 0.15) is 0 Å². The first-order chi connectivity index (χ1) is 21.3.